The number of hydrogen-bond donors (Lipinski definition) is 0. The van der Waals surface area contributed by atoms with Crippen molar-refractivity contribution in [3.63, 3.8) is 0 Å². The van der Waals surface area contributed by atoms with Crippen molar-refractivity contribution in [1.82, 2.24) is 19.0 Å². The lowest BCUT2D eigenvalue weighted by molar-refractivity contribution is -0.187. The Labute approximate surface area is 167 Å². The summed E-state index contributed by atoms with van der Waals surface area (Å²) in [5.41, 5.74) is 1.64. The van der Waals surface area contributed by atoms with Gasteiger partial charge in [-0.05, 0) is 24.3 Å². The van der Waals surface area contributed by atoms with Crippen molar-refractivity contribution < 1.29 is 14.3 Å². The number of carbonyl (C=O) groups excluding carboxylic acids is 1. The van der Waals surface area contributed by atoms with Gasteiger partial charge in [-0.25, -0.2) is 14.3 Å². The Bertz CT molecular complexity index is 1090. The quantitative estimate of drug-likeness (QED) is 0.674. The number of aromatic nitrogens is 3. The Hall–Kier alpha value is -2.97. The molecule has 0 N–H and O–H groups in total. The smallest absolute Gasteiger partial charge is 0.335 e. The maximum absolute atomic E-state index is 13.2. The number of hydrogen-bond acceptors (Lipinski definition) is 5. The summed E-state index contributed by atoms with van der Waals surface area (Å²) in [6.07, 6.45) is 2.96. The topological polar surface area (TPSA) is 78.6 Å². The third-order valence-electron chi connectivity index (χ3n) is 5.69. The predicted molar refractivity (Wildman–Crippen MR) is 106 cm³/mol. The summed E-state index contributed by atoms with van der Waals surface area (Å²) in [6, 6.07) is 12.9. The van der Waals surface area contributed by atoms with Gasteiger partial charge in [0.2, 0.25) is 5.91 Å². The van der Waals surface area contributed by atoms with Crippen molar-refractivity contribution in [2.45, 2.75) is 25.2 Å². The fourth-order valence-electron chi connectivity index (χ4n) is 4.17. The number of carbonyl (C=O) groups is 1. The Morgan fingerprint density at radius 1 is 1.03 bits per heavy atom. The number of benzene rings is 1. The molecule has 0 atom stereocenters. The molecule has 1 aromatic carbocycles. The third kappa shape index (κ3) is 3.14. The van der Waals surface area contributed by atoms with E-state index < -0.39 is 5.79 Å². The molecule has 0 saturated carbocycles. The molecule has 2 aliphatic heterocycles. The molecule has 29 heavy (non-hydrogen) atoms. The minimum Gasteiger partial charge on any atom is -0.347 e. The lowest BCUT2D eigenvalue weighted by Crippen LogP contribution is -2.48. The zero-order chi connectivity index (χ0) is 19.8. The molecule has 2 saturated heterocycles. The van der Waals surface area contributed by atoms with Gasteiger partial charge in [0.15, 0.2) is 11.4 Å². The van der Waals surface area contributed by atoms with Crippen molar-refractivity contribution in [2.75, 3.05) is 26.3 Å². The fourth-order valence-corrected chi connectivity index (χ4v) is 4.17. The number of ether oxygens (including phenoxy) is 2. The molecule has 4 heterocycles. The highest BCUT2D eigenvalue weighted by molar-refractivity contribution is 5.80. The molecule has 150 valence electrons. The maximum atomic E-state index is 13.2. The van der Waals surface area contributed by atoms with Crippen molar-refractivity contribution in [1.29, 1.82) is 0 Å². The van der Waals surface area contributed by atoms with Crippen LogP contribution in [0.25, 0.3) is 16.9 Å². The molecule has 0 unspecified atom stereocenters. The summed E-state index contributed by atoms with van der Waals surface area (Å²) < 4.78 is 14.5. The number of rotatable bonds is 3. The van der Waals surface area contributed by atoms with Crippen LogP contribution in [-0.4, -0.2) is 57.0 Å². The number of amides is 1. The summed E-state index contributed by atoms with van der Waals surface area (Å²) in [6.45, 7) is 2.31. The number of para-hydroxylation sites is 1. The highest BCUT2D eigenvalue weighted by Gasteiger charge is 2.40. The lowest BCUT2D eigenvalue weighted by Gasteiger charge is -2.37. The standard InChI is InChI=1S/C21H22N4O4/c26-18(23-11-8-21(9-12-23)28-13-14-29-21)15-24-17-7-4-10-22-19(17)25(20(24)27)16-5-2-1-3-6-16/h1-7,10H,8-9,11-15H2. The second-order valence-corrected chi connectivity index (χ2v) is 7.37. The summed E-state index contributed by atoms with van der Waals surface area (Å²) in [5, 5.41) is 0. The molecule has 3 aromatic rings. The largest absolute Gasteiger partial charge is 0.347 e. The Kier molecular flexibility index (Phi) is 4.44. The summed E-state index contributed by atoms with van der Waals surface area (Å²) in [7, 11) is 0. The number of imidazole rings is 1. The van der Waals surface area contributed by atoms with Gasteiger partial charge in [0.1, 0.15) is 6.54 Å². The van der Waals surface area contributed by atoms with Crippen LogP contribution in [0, 0.1) is 0 Å². The van der Waals surface area contributed by atoms with Gasteiger partial charge in [-0.1, -0.05) is 18.2 Å². The minimum atomic E-state index is -0.527. The van der Waals surface area contributed by atoms with Crippen LogP contribution in [0.4, 0.5) is 0 Å². The van der Waals surface area contributed by atoms with Crippen LogP contribution < -0.4 is 5.69 Å². The van der Waals surface area contributed by atoms with Crippen LogP contribution in [0.15, 0.2) is 53.5 Å². The average Bonchev–Trinajstić information content (AvgIpc) is 3.32. The normalized spacial score (nSPS) is 18.6. The van der Waals surface area contributed by atoms with Crippen molar-refractivity contribution in [2.24, 2.45) is 0 Å². The third-order valence-corrected chi connectivity index (χ3v) is 5.69. The molecule has 1 spiro atoms. The van der Waals surface area contributed by atoms with Gasteiger partial charge in [0, 0.05) is 32.1 Å². The van der Waals surface area contributed by atoms with E-state index in [1.165, 1.54) is 4.57 Å². The molecule has 2 aliphatic rings. The van der Waals surface area contributed by atoms with Crippen LogP contribution in [0.1, 0.15) is 12.8 Å². The van der Waals surface area contributed by atoms with Crippen molar-refractivity contribution >= 4 is 17.1 Å². The zero-order valence-electron chi connectivity index (χ0n) is 16.0. The Balaban J connectivity index is 1.43. The number of fused-ring (bicyclic) bond motifs is 1. The first-order valence-corrected chi connectivity index (χ1v) is 9.84. The number of piperidine rings is 1. The maximum Gasteiger partial charge on any atom is 0.335 e. The van der Waals surface area contributed by atoms with Crippen LogP contribution in [-0.2, 0) is 20.8 Å². The first-order chi connectivity index (χ1) is 14.2. The Morgan fingerprint density at radius 2 is 1.76 bits per heavy atom. The van der Waals surface area contributed by atoms with E-state index in [1.807, 2.05) is 36.4 Å². The van der Waals surface area contributed by atoms with Crippen LogP contribution in [0.3, 0.4) is 0 Å². The predicted octanol–water partition coefficient (Wildman–Crippen LogP) is 1.55. The highest BCUT2D eigenvalue weighted by Crippen LogP contribution is 2.31. The van der Waals surface area contributed by atoms with Crippen molar-refractivity contribution in [3.8, 4) is 5.69 Å². The van der Waals surface area contributed by atoms with Gasteiger partial charge in [-0.2, -0.15) is 0 Å². The molecule has 0 bridgehead atoms. The van der Waals surface area contributed by atoms with E-state index in [4.69, 9.17) is 9.47 Å². The van der Waals surface area contributed by atoms with E-state index in [9.17, 15) is 9.59 Å². The lowest BCUT2D eigenvalue weighted by atomic mass is 10.0. The molecular weight excluding hydrogens is 372 g/mol. The number of pyridine rings is 1. The van der Waals surface area contributed by atoms with Crippen molar-refractivity contribution in [3.05, 3.63) is 59.1 Å². The zero-order valence-corrected chi connectivity index (χ0v) is 16.0. The van der Waals surface area contributed by atoms with E-state index >= 15 is 0 Å². The van der Waals surface area contributed by atoms with Crippen LogP contribution >= 0.6 is 0 Å². The minimum absolute atomic E-state index is 0.0183. The van der Waals surface area contributed by atoms with Gasteiger partial charge >= 0.3 is 5.69 Å². The summed E-state index contributed by atoms with van der Waals surface area (Å²) >= 11 is 0. The van der Waals surface area contributed by atoms with Crippen LogP contribution in [0.5, 0.6) is 0 Å². The first-order valence-electron chi connectivity index (χ1n) is 9.84. The van der Waals surface area contributed by atoms with Crippen LogP contribution in [0.2, 0.25) is 0 Å². The summed E-state index contributed by atoms with van der Waals surface area (Å²) in [5.74, 6) is -0.614. The molecule has 0 aliphatic carbocycles. The highest BCUT2D eigenvalue weighted by atomic mass is 16.7. The molecule has 2 fully saturated rings. The fraction of sp³-hybridized carbons (Fsp3) is 0.381. The van der Waals surface area contributed by atoms with Gasteiger partial charge in [0.05, 0.1) is 24.4 Å². The Morgan fingerprint density at radius 3 is 2.48 bits per heavy atom. The average molecular weight is 394 g/mol. The van der Waals surface area contributed by atoms with E-state index in [-0.39, 0.29) is 18.1 Å². The molecule has 1 amide bonds. The van der Waals surface area contributed by atoms with E-state index in [1.54, 1.807) is 21.7 Å². The van der Waals surface area contributed by atoms with Gasteiger partial charge in [-0.3, -0.25) is 9.36 Å². The molecular formula is C21H22N4O4. The van der Waals surface area contributed by atoms with E-state index in [0.717, 1.165) is 5.69 Å². The first kappa shape index (κ1) is 18.1. The number of likely N-dealkylation sites (tertiary alicyclic amines) is 1. The second kappa shape index (κ2) is 7.13. The molecule has 8 nitrogen and oxygen atoms in total. The molecule has 8 heteroatoms. The molecule has 5 rings (SSSR count). The van der Waals surface area contributed by atoms with E-state index in [2.05, 4.69) is 4.98 Å². The van der Waals surface area contributed by atoms with E-state index in [0.29, 0.717) is 50.3 Å². The van der Waals surface area contributed by atoms with Gasteiger partial charge < -0.3 is 14.4 Å². The monoisotopic (exact) mass is 394 g/mol. The second-order valence-electron chi connectivity index (χ2n) is 7.37. The number of nitrogens with zero attached hydrogens (tertiary/aromatic N) is 4. The molecule has 2 aromatic heterocycles. The molecule has 0 radical (unpaired) electrons. The summed E-state index contributed by atoms with van der Waals surface area (Å²) in [4.78, 5) is 32.3. The SMILES string of the molecule is O=C(Cn1c(=O)n(-c2ccccc2)c2ncccc21)N1CCC2(CC1)OCCO2. The van der Waals surface area contributed by atoms with Gasteiger partial charge in [0.25, 0.3) is 0 Å². The van der Waals surface area contributed by atoms with Gasteiger partial charge in [-0.15, -0.1) is 0 Å².